The van der Waals surface area contributed by atoms with E-state index in [2.05, 4.69) is 5.32 Å². The maximum Gasteiger partial charge on any atom is 0.251 e. The van der Waals surface area contributed by atoms with Crippen LogP contribution in [0.2, 0.25) is 0 Å². The molecule has 5 aliphatic rings. The number of anilines is 1. The molecule has 1 heterocycles. The topological polar surface area (TPSA) is 58.6 Å². The molecule has 138 valence electrons. The van der Waals surface area contributed by atoms with Crippen LogP contribution in [-0.4, -0.2) is 31.0 Å². The number of amides is 2. The fourth-order valence-electron chi connectivity index (χ4n) is 6.19. The molecule has 4 saturated carbocycles. The standard InChI is InChI=1S/C21H26N2O3/c1-26-17-4-2-16(3-5-17)23-19(24)11-18(21(23)25)22-20-14-7-12-6-13(9-14)10-15(20)8-12/h2-5,12-15,18,20,22H,6-11H2,1H3. The van der Waals surface area contributed by atoms with Crippen LogP contribution in [0.1, 0.15) is 38.5 Å². The second-order valence-electron chi connectivity index (χ2n) is 8.65. The Hall–Kier alpha value is -1.88. The Balaban J connectivity index is 1.31. The maximum absolute atomic E-state index is 12.9. The van der Waals surface area contributed by atoms with Gasteiger partial charge in [0.15, 0.2) is 0 Å². The highest BCUT2D eigenvalue weighted by Gasteiger charge is 2.50. The molecule has 0 aromatic heterocycles. The highest BCUT2D eigenvalue weighted by Crippen LogP contribution is 2.53. The van der Waals surface area contributed by atoms with E-state index >= 15 is 0 Å². The monoisotopic (exact) mass is 354 g/mol. The van der Waals surface area contributed by atoms with Crippen LogP contribution in [0.5, 0.6) is 5.75 Å². The fraction of sp³-hybridized carbons (Fsp3) is 0.619. The fourth-order valence-corrected chi connectivity index (χ4v) is 6.19. The van der Waals surface area contributed by atoms with Crippen LogP contribution in [0.25, 0.3) is 0 Å². The summed E-state index contributed by atoms with van der Waals surface area (Å²) in [6.45, 7) is 0. The average molecular weight is 354 g/mol. The summed E-state index contributed by atoms with van der Waals surface area (Å²) in [5.41, 5.74) is 0.634. The van der Waals surface area contributed by atoms with Gasteiger partial charge in [-0.25, -0.2) is 4.90 Å². The molecule has 5 nitrogen and oxygen atoms in total. The molecule has 1 atom stereocenters. The van der Waals surface area contributed by atoms with Crippen molar-refractivity contribution in [1.29, 1.82) is 0 Å². The zero-order chi connectivity index (χ0) is 17.8. The molecule has 4 aliphatic carbocycles. The molecule has 5 fully saturated rings. The first kappa shape index (κ1) is 16.3. The summed E-state index contributed by atoms with van der Waals surface area (Å²) >= 11 is 0. The van der Waals surface area contributed by atoms with Gasteiger partial charge in [0.2, 0.25) is 5.91 Å². The molecule has 6 rings (SSSR count). The van der Waals surface area contributed by atoms with Gasteiger partial charge in [-0.15, -0.1) is 0 Å². The van der Waals surface area contributed by atoms with Gasteiger partial charge in [-0.1, -0.05) is 0 Å². The second-order valence-corrected chi connectivity index (χ2v) is 8.65. The first-order chi connectivity index (χ1) is 12.6. The molecule has 26 heavy (non-hydrogen) atoms. The number of nitrogens with zero attached hydrogens (tertiary/aromatic N) is 1. The third-order valence-electron chi connectivity index (χ3n) is 7.10. The quantitative estimate of drug-likeness (QED) is 0.845. The lowest BCUT2D eigenvalue weighted by Gasteiger charge is -2.55. The molecule has 5 heteroatoms. The summed E-state index contributed by atoms with van der Waals surface area (Å²) in [6, 6.07) is 7.18. The number of imide groups is 1. The Labute approximate surface area is 154 Å². The number of hydrogen-bond acceptors (Lipinski definition) is 4. The van der Waals surface area contributed by atoms with E-state index in [0.717, 1.165) is 17.6 Å². The van der Waals surface area contributed by atoms with Crippen molar-refractivity contribution in [1.82, 2.24) is 5.32 Å². The van der Waals surface area contributed by atoms with Gasteiger partial charge in [-0.3, -0.25) is 9.59 Å². The number of ether oxygens (including phenoxy) is 1. The largest absolute Gasteiger partial charge is 0.497 e. The maximum atomic E-state index is 12.9. The predicted octanol–water partition coefficient (Wildman–Crippen LogP) is 2.74. The Bertz CT molecular complexity index is 701. The van der Waals surface area contributed by atoms with Gasteiger partial charge in [0.25, 0.3) is 5.91 Å². The van der Waals surface area contributed by atoms with Crippen LogP contribution >= 0.6 is 0 Å². The number of carbonyl (C=O) groups excluding carboxylic acids is 2. The van der Waals surface area contributed by atoms with E-state index in [1.165, 1.54) is 37.0 Å². The molecule has 1 aromatic rings. The summed E-state index contributed by atoms with van der Waals surface area (Å²) < 4.78 is 5.16. The molecule has 0 spiro atoms. The molecule has 1 N–H and O–H groups in total. The van der Waals surface area contributed by atoms with Gasteiger partial charge < -0.3 is 10.1 Å². The number of rotatable bonds is 4. The van der Waals surface area contributed by atoms with Crippen LogP contribution in [0.15, 0.2) is 24.3 Å². The van der Waals surface area contributed by atoms with Crippen LogP contribution < -0.4 is 15.0 Å². The number of hydrogen-bond donors (Lipinski definition) is 1. The van der Waals surface area contributed by atoms with E-state index in [1.807, 2.05) is 0 Å². The van der Waals surface area contributed by atoms with Crippen molar-refractivity contribution in [3.05, 3.63) is 24.3 Å². The lowest BCUT2D eigenvalue weighted by Crippen LogP contribution is -2.57. The van der Waals surface area contributed by atoms with E-state index in [0.29, 0.717) is 23.6 Å². The van der Waals surface area contributed by atoms with Crippen molar-refractivity contribution in [3.63, 3.8) is 0 Å². The molecule has 1 unspecified atom stereocenters. The van der Waals surface area contributed by atoms with E-state index < -0.39 is 0 Å². The Morgan fingerprint density at radius 1 is 0.962 bits per heavy atom. The average Bonchev–Trinajstić information content (AvgIpc) is 2.91. The zero-order valence-corrected chi connectivity index (χ0v) is 15.2. The summed E-state index contributed by atoms with van der Waals surface area (Å²) in [4.78, 5) is 26.8. The van der Waals surface area contributed by atoms with Crippen molar-refractivity contribution in [2.75, 3.05) is 12.0 Å². The highest BCUT2D eigenvalue weighted by molar-refractivity contribution is 6.22. The van der Waals surface area contributed by atoms with Gasteiger partial charge in [-0.05, 0) is 80.0 Å². The third kappa shape index (κ3) is 2.56. The molecule has 4 bridgehead atoms. The summed E-state index contributed by atoms with van der Waals surface area (Å²) in [5.74, 6) is 3.72. The SMILES string of the molecule is COc1ccc(N2C(=O)CC(NC3C4CC5CC(C4)CC3C5)C2=O)cc1. The highest BCUT2D eigenvalue weighted by atomic mass is 16.5. The van der Waals surface area contributed by atoms with Crippen molar-refractivity contribution in [2.45, 2.75) is 50.6 Å². The first-order valence-corrected chi connectivity index (χ1v) is 9.89. The first-order valence-electron chi connectivity index (χ1n) is 9.89. The Morgan fingerprint density at radius 3 is 2.15 bits per heavy atom. The Kier molecular flexibility index (Phi) is 3.82. The predicted molar refractivity (Wildman–Crippen MR) is 97.9 cm³/mol. The van der Waals surface area contributed by atoms with E-state index in [-0.39, 0.29) is 24.3 Å². The molecular formula is C21H26N2O3. The molecule has 1 saturated heterocycles. The van der Waals surface area contributed by atoms with Crippen LogP contribution in [0.3, 0.4) is 0 Å². The minimum Gasteiger partial charge on any atom is -0.497 e. The van der Waals surface area contributed by atoms with Gasteiger partial charge in [0, 0.05) is 6.04 Å². The van der Waals surface area contributed by atoms with Gasteiger partial charge >= 0.3 is 0 Å². The third-order valence-corrected chi connectivity index (χ3v) is 7.10. The zero-order valence-electron chi connectivity index (χ0n) is 15.2. The van der Waals surface area contributed by atoms with Crippen LogP contribution in [0.4, 0.5) is 5.69 Å². The van der Waals surface area contributed by atoms with Crippen LogP contribution in [-0.2, 0) is 9.59 Å². The number of methoxy groups -OCH3 is 1. The molecular weight excluding hydrogens is 328 g/mol. The molecule has 1 aliphatic heterocycles. The number of carbonyl (C=O) groups is 2. The van der Waals surface area contributed by atoms with Gasteiger partial charge in [-0.2, -0.15) is 0 Å². The second kappa shape index (κ2) is 6.08. The lowest BCUT2D eigenvalue weighted by atomic mass is 9.54. The van der Waals surface area contributed by atoms with E-state index in [4.69, 9.17) is 4.74 Å². The number of nitrogens with one attached hydrogen (secondary N) is 1. The summed E-state index contributed by atoms with van der Waals surface area (Å²) in [6.07, 6.45) is 6.92. The van der Waals surface area contributed by atoms with Crippen molar-refractivity contribution in [2.24, 2.45) is 23.7 Å². The van der Waals surface area contributed by atoms with E-state index in [9.17, 15) is 9.59 Å². The van der Waals surface area contributed by atoms with Gasteiger partial charge in [0.1, 0.15) is 5.75 Å². The molecule has 1 aromatic carbocycles. The van der Waals surface area contributed by atoms with Crippen molar-refractivity contribution >= 4 is 17.5 Å². The number of benzene rings is 1. The smallest absolute Gasteiger partial charge is 0.251 e. The minimum atomic E-state index is -0.368. The minimum absolute atomic E-state index is 0.103. The van der Waals surface area contributed by atoms with Gasteiger partial charge in [0.05, 0.1) is 25.3 Å². The van der Waals surface area contributed by atoms with Crippen molar-refractivity contribution < 1.29 is 14.3 Å². The normalized spacial score (nSPS) is 38.3. The lowest BCUT2D eigenvalue weighted by molar-refractivity contribution is -0.122. The summed E-state index contributed by atoms with van der Waals surface area (Å²) in [5, 5.41) is 3.63. The molecule has 2 amide bonds. The van der Waals surface area contributed by atoms with Crippen LogP contribution in [0, 0.1) is 23.7 Å². The van der Waals surface area contributed by atoms with E-state index in [1.54, 1.807) is 31.4 Å². The van der Waals surface area contributed by atoms with Crippen molar-refractivity contribution in [3.8, 4) is 5.75 Å². The Morgan fingerprint density at radius 2 is 1.58 bits per heavy atom. The molecule has 0 radical (unpaired) electrons. The summed E-state index contributed by atoms with van der Waals surface area (Å²) in [7, 11) is 1.60.